The zero-order valence-electron chi connectivity index (χ0n) is 8.89. The normalized spacial score (nSPS) is 14.8. The van der Waals surface area contributed by atoms with Crippen LogP contribution in [0.1, 0.15) is 30.6 Å². The summed E-state index contributed by atoms with van der Waals surface area (Å²) in [6.07, 6.45) is -0.371. The van der Waals surface area contributed by atoms with E-state index >= 15 is 0 Å². The van der Waals surface area contributed by atoms with Crippen LogP contribution in [0.5, 0.6) is 0 Å². The van der Waals surface area contributed by atoms with Crippen molar-refractivity contribution in [2.75, 3.05) is 0 Å². The number of rotatable bonds is 3. The van der Waals surface area contributed by atoms with Gasteiger partial charge in [0.25, 0.3) is 0 Å². The summed E-state index contributed by atoms with van der Waals surface area (Å²) >= 11 is 29.2. The summed E-state index contributed by atoms with van der Waals surface area (Å²) in [4.78, 5) is 0. The van der Waals surface area contributed by atoms with Crippen molar-refractivity contribution in [3.63, 3.8) is 0 Å². The second kappa shape index (κ2) is 5.73. The third-order valence-corrected chi connectivity index (χ3v) is 4.78. The number of alkyl halides is 5. The van der Waals surface area contributed by atoms with E-state index in [1.165, 1.54) is 0 Å². The van der Waals surface area contributed by atoms with E-state index in [1.807, 2.05) is 0 Å². The van der Waals surface area contributed by atoms with Crippen molar-refractivity contribution in [2.24, 2.45) is 0 Å². The SMILES string of the molecule is CCC([O])c1cccc(C(Cl)(Cl)C(Cl)(Cl)Cl)c1. The number of hydrogen-bond donors (Lipinski definition) is 0. The third-order valence-electron chi connectivity index (χ3n) is 2.35. The Morgan fingerprint density at radius 2 is 1.76 bits per heavy atom. The van der Waals surface area contributed by atoms with Gasteiger partial charge in [-0.05, 0) is 23.6 Å². The van der Waals surface area contributed by atoms with Gasteiger partial charge in [0.15, 0.2) is 4.33 Å². The molecule has 0 bridgehead atoms. The van der Waals surface area contributed by atoms with Crippen molar-refractivity contribution < 1.29 is 5.11 Å². The second-order valence-electron chi connectivity index (χ2n) is 3.59. The molecule has 1 aromatic carbocycles. The van der Waals surface area contributed by atoms with Crippen LogP contribution in [0.4, 0.5) is 0 Å². The Labute approximate surface area is 126 Å². The second-order valence-corrected chi connectivity index (χ2v) is 7.20. The van der Waals surface area contributed by atoms with Crippen LogP contribution in [0, 0.1) is 0 Å². The van der Waals surface area contributed by atoms with Crippen LogP contribution in [-0.2, 0) is 9.44 Å². The molecule has 0 fully saturated rings. The van der Waals surface area contributed by atoms with E-state index in [1.54, 1.807) is 31.2 Å². The van der Waals surface area contributed by atoms with Gasteiger partial charge >= 0.3 is 0 Å². The van der Waals surface area contributed by atoms with Gasteiger partial charge in [0.1, 0.15) is 6.10 Å². The monoisotopic (exact) mass is 333 g/mol. The zero-order chi connectivity index (χ0) is 13.3. The first kappa shape index (κ1) is 15.7. The number of hydrogen-bond acceptors (Lipinski definition) is 0. The summed E-state index contributed by atoms with van der Waals surface area (Å²) in [5.74, 6) is 0. The van der Waals surface area contributed by atoms with Gasteiger partial charge in [-0.3, -0.25) is 0 Å². The maximum Gasteiger partial charge on any atom is 0.227 e. The Bertz CT molecular complexity index is 386. The molecule has 0 aliphatic heterocycles. The lowest BCUT2D eigenvalue weighted by molar-refractivity contribution is 0.0856. The van der Waals surface area contributed by atoms with Crippen molar-refractivity contribution in [1.82, 2.24) is 0 Å². The minimum atomic E-state index is -1.88. The molecular weight excluding hydrogens is 325 g/mol. The maximum absolute atomic E-state index is 11.6. The van der Waals surface area contributed by atoms with E-state index in [-0.39, 0.29) is 0 Å². The molecule has 0 aliphatic rings. The van der Waals surface area contributed by atoms with Gasteiger partial charge in [-0.1, -0.05) is 83.1 Å². The maximum atomic E-state index is 11.6. The Morgan fingerprint density at radius 1 is 1.18 bits per heavy atom. The highest BCUT2D eigenvalue weighted by Crippen LogP contribution is 2.53. The highest BCUT2D eigenvalue weighted by atomic mass is 35.6. The van der Waals surface area contributed by atoms with Gasteiger partial charge in [0, 0.05) is 0 Å². The minimum Gasteiger partial charge on any atom is -0.228 e. The van der Waals surface area contributed by atoms with Crippen LogP contribution in [0.3, 0.4) is 0 Å². The third kappa shape index (κ3) is 3.56. The molecule has 0 saturated carbocycles. The Hall–Kier alpha value is 0.630. The van der Waals surface area contributed by atoms with E-state index in [2.05, 4.69) is 0 Å². The molecule has 1 aromatic rings. The Balaban J connectivity index is 3.16. The van der Waals surface area contributed by atoms with E-state index in [9.17, 15) is 5.11 Å². The quantitative estimate of drug-likeness (QED) is 0.644. The van der Waals surface area contributed by atoms with Crippen LogP contribution in [0.15, 0.2) is 24.3 Å². The lowest BCUT2D eigenvalue weighted by atomic mass is 10.0. The van der Waals surface area contributed by atoms with Crippen molar-refractivity contribution in [3.05, 3.63) is 35.4 Å². The highest BCUT2D eigenvalue weighted by Gasteiger charge is 2.47. The van der Waals surface area contributed by atoms with Crippen LogP contribution >= 0.6 is 58.0 Å². The Kier molecular flexibility index (Phi) is 5.29. The first-order valence-corrected chi connectivity index (χ1v) is 6.80. The molecule has 17 heavy (non-hydrogen) atoms. The molecule has 1 rings (SSSR count). The summed E-state index contributed by atoms with van der Waals surface area (Å²) in [7, 11) is 0. The molecule has 0 N–H and O–H groups in total. The number of halogens is 5. The van der Waals surface area contributed by atoms with Gasteiger partial charge in [0.2, 0.25) is 3.79 Å². The lowest BCUT2D eigenvalue weighted by Crippen LogP contribution is -2.28. The first-order chi connectivity index (χ1) is 7.70. The average Bonchev–Trinajstić information content (AvgIpc) is 2.26. The fraction of sp³-hybridized carbons (Fsp3) is 0.455. The molecular formula is C11H10Cl5O. The highest BCUT2D eigenvalue weighted by molar-refractivity contribution is 6.75. The smallest absolute Gasteiger partial charge is 0.227 e. The van der Waals surface area contributed by atoms with Crippen LogP contribution in [0.2, 0.25) is 0 Å². The molecule has 1 atom stereocenters. The van der Waals surface area contributed by atoms with Gasteiger partial charge in [-0.15, -0.1) is 0 Å². The van der Waals surface area contributed by atoms with E-state index < -0.39 is 14.2 Å². The summed E-state index contributed by atoms with van der Waals surface area (Å²) in [6, 6.07) is 6.56. The van der Waals surface area contributed by atoms with Gasteiger partial charge in [0.05, 0.1) is 0 Å². The largest absolute Gasteiger partial charge is 0.228 e. The van der Waals surface area contributed by atoms with Crippen LogP contribution in [-0.4, -0.2) is 3.79 Å². The molecule has 0 spiro atoms. The molecule has 1 nitrogen and oxygen atoms in total. The molecule has 1 radical (unpaired) electrons. The van der Waals surface area contributed by atoms with Crippen molar-refractivity contribution in [2.45, 2.75) is 27.6 Å². The first-order valence-electron chi connectivity index (χ1n) is 4.91. The van der Waals surface area contributed by atoms with E-state index in [4.69, 9.17) is 58.0 Å². The summed E-state index contributed by atoms with van der Waals surface area (Å²) < 4.78 is -3.57. The molecule has 6 heteroatoms. The molecule has 0 heterocycles. The summed E-state index contributed by atoms with van der Waals surface area (Å²) in [5, 5.41) is 11.6. The molecule has 0 saturated heterocycles. The summed E-state index contributed by atoms with van der Waals surface area (Å²) in [6.45, 7) is 1.80. The van der Waals surface area contributed by atoms with Crippen molar-refractivity contribution in [3.8, 4) is 0 Å². The molecule has 1 unspecified atom stereocenters. The van der Waals surface area contributed by atoms with Gasteiger partial charge in [-0.2, -0.15) is 0 Å². The molecule has 95 valence electrons. The van der Waals surface area contributed by atoms with Gasteiger partial charge < -0.3 is 0 Å². The Morgan fingerprint density at radius 3 is 2.24 bits per heavy atom. The fourth-order valence-corrected chi connectivity index (χ4v) is 1.90. The standard InChI is InChI=1S/C11H10Cl5O/c1-2-9(17)7-4-3-5-8(6-7)10(12,13)11(14,15)16/h3-6,9H,2H2,1H3. The van der Waals surface area contributed by atoms with Crippen LogP contribution in [0.25, 0.3) is 0 Å². The van der Waals surface area contributed by atoms with E-state index in [0.29, 0.717) is 17.5 Å². The topological polar surface area (TPSA) is 19.9 Å². The zero-order valence-corrected chi connectivity index (χ0v) is 12.7. The fourth-order valence-electron chi connectivity index (χ4n) is 1.33. The number of benzene rings is 1. The van der Waals surface area contributed by atoms with Crippen LogP contribution < -0.4 is 0 Å². The van der Waals surface area contributed by atoms with E-state index in [0.717, 1.165) is 0 Å². The molecule has 0 aliphatic carbocycles. The van der Waals surface area contributed by atoms with Crippen molar-refractivity contribution in [1.29, 1.82) is 0 Å². The predicted molar refractivity (Wildman–Crippen MR) is 73.8 cm³/mol. The van der Waals surface area contributed by atoms with Gasteiger partial charge in [-0.25, -0.2) is 5.11 Å². The molecule has 0 aromatic heterocycles. The summed E-state index contributed by atoms with van der Waals surface area (Å²) in [5.41, 5.74) is 0.970. The minimum absolute atomic E-state index is 0.396. The predicted octanol–water partition coefficient (Wildman–Crippen LogP) is 5.57. The average molecular weight is 335 g/mol. The molecule has 0 amide bonds. The van der Waals surface area contributed by atoms with Crippen molar-refractivity contribution >= 4 is 58.0 Å². The lowest BCUT2D eigenvalue weighted by Gasteiger charge is -2.28.